The Morgan fingerprint density at radius 1 is 1.09 bits per heavy atom. The van der Waals surface area contributed by atoms with Crippen molar-refractivity contribution in [2.45, 2.75) is 32.6 Å². The number of rotatable bonds is 5. The van der Waals surface area contributed by atoms with Crippen molar-refractivity contribution in [3.8, 4) is 16.9 Å². The van der Waals surface area contributed by atoms with E-state index >= 15 is 0 Å². The van der Waals surface area contributed by atoms with E-state index in [1.807, 2.05) is 58.5 Å². The van der Waals surface area contributed by atoms with Crippen LogP contribution in [0.15, 0.2) is 54.9 Å². The summed E-state index contributed by atoms with van der Waals surface area (Å²) in [7, 11) is 1.64. The van der Waals surface area contributed by atoms with Gasteiger partial charge in [0.15, 0.2) is 0 Å². The molecule has 7 nitrogen and oxygen atoms in total. The quantitative estimate of drug-likeness (QED) is 0.618. The summed E-state index contributed by atoms with van der Waals surface area (Å²) in [5.41, 5.74) is 4.27. The smallest absolute Gasteiger partial charge is 0.253 e. The molecule has 2 aliphatic rings. The highest BCUT2D eigenvalue weighted by Gasteiger charge is 2.49. The molecule has 3 heterocycles. The Bertz CT molecular complexity index is 1180. The number of hydrogen-bond donors (Lipinski definition) is 1. The Kier molecular flexibility index (Phi) is 5.86. The van der Waals surface area contributed by atoms with Crippen LogP contribution >= 0.6 is 0 Å². The number of methoxy groups -OCH3 is 1. The molecule has 2 fully saturated rings. The van der Waals surface area contributed by atoms with Crippen LogP contribution in [0.4, 0.5) is 5.69 Å². The Balaban J connectivity index is 1.28. The lowest BCUT2D eigenvalue weighted by Gasteiger charge is -2.38. The molecule has 0 aliphatic carbocycles. The summed E-state index contributed by atoms with van der Waals surface area (Å²) in [4.78, 5) is 30.3. The van der Waals surface area contributed by atoms with Gasteiger partial charge in [-0.2, -0.15) is 5.10 Å². The molecule has 0 saturated carbocycles. The molecule has 34 heavy (non-hydrogen) atoms. The highest BCUT2D eigenvalue weighted by atomic mass is 16.5. The van der Waals surface area contributed by atoms with Crippen molar-refractivity contribution in [2.75, 3.05) is 31.6 Å². The number of ether oxygens (including phenoxy) is 1. The molecule has 0 bridgehead atoms. The largest absolute Gasteiger partial charge is 0.496 e. The van der Waals surface area contributed by atoms with Gasteiger partial charge in [0.2, 0.25) is 5.91 Å². The molecule has 3 aromatic rings. The van der Waals surface area contributed by atoms with E-state index in [1.165, 1.54) is 5.56 Å². The molecule has 7 heteroatoms. The first-order valence-electron chi connectivity index (χ1n) is 11.9. The van der Waals surface area contributed by atoms with E-state index in [1.54, 1.807) is 13.3 Å². The Morgan fingerprint density at radius 3 is 2.47 bits per heavy atom. The predicted octanol–water partition coefficient (Wildman–Crippen LogP) is 4.31. The van der Waals surface area contributed by atoms with Gasteiger partial charge in [-0.3, -0.25) is 14.7 Å². The molecule has 0 radical (unpaired) electrons. The lowest BCUT2D eigenvalue weighted by atomic mass is 9.77. The molecular weight excluding hydrogens is 428 g/mol. The van der Waals surface area contributed by atoms with Gasteiger partial charge in [0.1, 0.15) is 5.75 Å². The minimum absolute atomic E-state index is 0.0550. The van der Waals surface area contributed by atoms with Crippen molar-refractivity contribution in [3.05, 3.63) is 66.0 Å². The van der Waals surface area contributed by atoms with Crippen molar-refractivity contribution in [1.82, 2.24) is 15.1 Å². The first-order chi connectivity index (χ1) is 16.5. The molecule has 2 amide bonds. The van der Waals surface area contributed by atoms with Gasteiger partial charge in [0.05, 0.1) is 18.7 Å². The fourth-order valence-corrected chi connectivity index (χ4v) is 5.22. The summed E-state index contributed by atoms with van der Waals surface area (Å²) in [5, 5.41) is 6.84. The fourth-order valence-electron chi connectivity index (χ4n) is 5.22. The fraction of sp³-hybridized carbons (Fsp3) is 0.370. The number of H-pyrrole nitrogens is 1. The van der Waals surface area contributed by atoms with Crippen molar-refractivity contribution in [3.63, 3.8) is 0 Å². The number of benzene rings is 2. The van der Waals surface area contributed by atoms with Gasteiger partial charge in [-0.15, -0.1) is 0 Å². The van der Waals surface area contributed by atoms with Crippen LogP contribution in [0.25, 0.3) is 11.1 Å². The van der Waals surface area contributed by atoms with E-state index in [9.17, 15) is 9.59 Å². The number of amides is 2. The number of piperidine rings is 1. The molecule has 1 spiro atoms. The number of hydrogen-bond acceptors (Lipinski definition) is 4. The van der Waals surface area contributed by atoms with Gasteiger partial charge in [-0.05, 0) is 55.5 Å². The van der Waals surface area contributed by atoms with Crippen molar-refractivity contribution in [2.24, 2.45) is 5.41 Å². The number of aromatic amines is 1. The zero-order valence-electron chi connectivity index (χ0n) is 19.7. The van der Waals surface area contributed by atoms with Gasteiger partial charge < -0.3 is 14.5 Å². The monoisotopic (exact) mass is 458 g/mol. The van der Waals surface area contributed by atoms with Crippen LogP contribution in [0.2, 0.25) is 0 Å². The summed E-state index contributed by atoms with van der Waals surface area (Å²) in [5.74, 6) is 0.923. The summed E-state index contributed by atoms with van der Waals surface area (Å²) in [6.07, 6.45) is 6.74. The van der Waals surface area contributed by atoms with Crippen LogP contribution in [0.5, 0.6) is 5.75 Å². The molecule has 2 aliphatic heterocycles. The Morgan fingerprint density at radius 2 is 1.82 bits per heavy atom. The first-order valence-corrected chi connectivity index (χ1v) is 11.9. The normalized spacial score (nSPS) is 17.4. The van der Waals surface area contributed by atoms with E-state index in [-0.39, 0.29) is 17.2 Å². The summed E-state index contributed by atoms with van der Waals surface area (Å²) in [6, 6.07) is 13.7. The van der Waals surface area contributed by atoms with Crippen LogP contribution in [-0.4, -0.2) is 53.7 Å². The maximum atomic E-state index is 13.6. The highest BCUT2D eigenvalue weighted by Crippen LogP contribution is 2.44. The van der Waals surface area contributed by atoms with Crippen LogP contribution in [-0.2, 0) is 11.2 Å². The zero-order chi connectivity index (χ0) is 23.7. The van der Waals surface area contributed by atoms with Crippen LogP contribution in [0, 0.1) is 5.41 Å². The first kappa shape index (κ1) is 22.2. The number of anilines is 1. The van der Waals surface area contributed by atoms with Gasteiger partial charge in [-0.1, -0.05) is 19.1 Å². The second-order valence-electron chi connectivity index (χ2n) is 9.20. The molecule has 2 aromatic carbocycles. The van der Waals surface area contributed by atoms with Crippen molar-refractivity contribution < 1.29 is 14.3 Å². The molecule has 5 rings (SSSR count). The van der Waals surface area contributed by atoms with Gasteiger partial charge in [-0.25, -0.2) is 0 Å². The van der Waals surface area contributed by atoms with E-state index in [0.717, 1.165) is 35.2 Å². The number of nitrogens with zero attached hydrogens (tertiary/aromatic N) is 3. The number of carbonyl (C=O) groups excluding carboxylic acids is 2. The summed E-state index contributed by atoms with van der Waals surface area (Å²) < 4.78 is 5.61. The second-order valence-corrected chi connectivity index (χ2v) is 9.20. The van der Waals surface area contributed by atoms with Gasteiger partial charge >= 0.3 is 0 Å². The average Bonchev–Trinajstić information content (AvgIpc) is 3.53. The third kappa shape index (κ3) is 3.85. The van der Waals surface area contributed by atoms with Crippen molar-refractivity contribution >= 4 is 17.5 Å². The number of likely N-dealkylation sites (tertiary alicyclic amines) is 1. The van der Waals surface area contributed by atoms with E-state index < -0.39 is 0 Å². The standard InChI is InChI=1S/C27H30N4O3/c1-3-19-4-6-20(7-5-19)25(32)30-13-10-27(11-14-30)12-15-31(26(27)33)22-8-9-23(24(16-22)34-2)21-17-28-29-18-21/h4-9,16-18H,3,10-15H2,1-2H3,(H,28,29). The number of carbonyl (C=O) groups is 2. The lowest BCUT2D eigenvalue weighted by Crippen LogP contribution is -2.46. The molecule has 0 unspecified atom stereocenters. The van der Waals surface area contributed by atoms with Gasteiger partial charge in [0.25, 0.3) is 5.91 Å². The second kappa shape index (κ2) is 8.97. The maximum Gasteiger partial charge on any atom is 0.253 e. The lowest BCUT2D eigenvalue weighted by molar-refractivity contribution is -0.127. The maximum absolute atomic E-state index is 13.6. The molecule has 0 atom stereocenters. The molecular formula is C27H30N4O3. The molecule has 1 N–H and O–H groups in total. The highest BCUT2D eigenvalue weighted by molar-refractivity contribution is 6.01. The minimum Gasteiger partial charge on any atom is -0.496 e. The number of nitrogens with one attached hydrogen (secondary N) is 1. The molecule has 2 saturated heterocycles. The average molecular weight is 459 g/mol. The Hall–Kier alpha value is -3.61. The topological polar surface area (TPSA) is 78.5 Å². The SMILES string of the molecule is CCc1ccc(C(=O)N2CCC3(CC2)CCN(c2ccc(-c4cn[nH]c4)c(OC)c2)C3=O)cc1. The molecule has 176 valence electrons. The van der Waals surface area contributed by atoms with Crippen molar-refractivity contribution in [1.29, 1.82) is 0 Å². The van der Waals surface area contributed by atoms with Crippen LogP contribution < -0.4 is 9.64 Å². The number of aryl methyl sites for hydroxylation is 1. The summed E-state index contributed by atoms with van der Waals surface area (Å²) >= 11 is 0. The van der Waals surface area contributed by atoms with Crippen LogP contribution in [0.1, 0.15) is 42.1 Å². The summed E-state index contributed by atoms with van der Waals surface area (Å²) in [6.45, 7) is 4.00. The zero-order valence-corrected chi connectivity index (χ0v) is 19.7. The Labute approximate surface area is 199 Å². The van der Waals surface area contributed by atoms with E-state index in [4.69, 9.17) is 4.74 Å². The third-order valence-electron chi connectivity index (χ3n) is 7.44. The van der Waals surface area contributed by atoms with Crippen LogP contribution in [0.3, 0.4) is 0 Å². The minimum atomic E-state index is -0.390. The third-order valence-corrected chi connectivity index (χ3v) is 7.44. The van der Waals surface area contributed by atoms with Gasteiger partial charge in [0, 0.05) is 54.3 Å². The molecule has 1 aromatic heterocycles. The predicted molar refractivity (Wildman–Crippen MR) is 131 cm³/mol. The number of aromatic nitrogens is 2. The van der Waals surface area contributed by atoms with E-state index in [0.29, 0.717) is 38.2 Å². The van der Waals surface area contributed by atoms with E-state index in [2.05, 4.69) is 17.1 Å².